The Morgan fingerprint density at radius 3 is 1.97 bits per heavy atom. The summed E-state index contributed by atoms with van der Waals surface area (Å²) in [5.41, 5.74) is 6.08. The molecular formula is C25H41N5O4. The predicted molar refractivity (Wildman–Crippen MR) is 133 cm³/mol. The van der Waals surface area contributed by atoms with Crippen LogP contribution in [-0.4, -0.2) is 54.3 Å². The summed E-state index contributed by atoms with van der Waals surface area (Å²) in [6, 6.07) is 6.62. The molecule has 2 unspecified atom stereocenters. The third-order valence-electron chi connectivity index (χ3n) is 5.83. The number of nitrogens with two attached hydrogens (primary N) is 1. The van der Waals surface area contributed by atoms with Crippen molar-refractivity contribution in [2.45, 2.75) is 79.1 Å². The van der Waals surface area contributed by atoms with Gasteiger partial charge in [0.2, 0.25) is 23.6 Å². The maximum Gasteiger partial charge on any atom is 0.243 e. The molecule has 0 spiro atoms. The highest BCUT2D eigenvalue weighted by Crippen LogP contribution is 2.18. The van der Waals surface area contributed by atoms with Gasteiger partial charge in [0.1, 0.15) is 18.1 Å². The minimum atomic E-state index is -0.950. The second-order valence-corrected chi connectivity index (χ2v) is 10.1. The molecule has 6 N–H and O–H groups in total. The molecule has 4 atom stereocenters. The molecule has 0 aliphatic heterocycles. The van der Waals surface area contributed by atoms with E-state index in [1.807, 2.05) is 51.1 Å². The predicted octanol–water partition coefficient (Wildman–Crippen LogP) is 0.869. The van der Waals surface area contributed by atoms with Crippen LogP contribution in [0.4, 0.5) is 0 Å². The first-order chi connectivity index (χ1) is 15.7. The molecule has 0 saturated heterocycles. The Labute approximate surface area is 203 Å². The van der Waals surface area contributed by atoms with Crippen LogP contribution in [0.2, 0.25) is 0 Å². The van der Waals surface area contributed by atoms with Crippen molar-refractivity contribution in [3.63, 3.8) is 0 Å². The zero-order chi connectivity index (χ0) is 26.1. The minimum absolute atomic E-state index is 0.0187. The lowest BCUT2D eigenvalue weighted by Gasteiger charge is -2.29. The minimum Gasteiger partial charge on any atom is -0.368 e. The summed E-state index contributed by atoms with van der Waals surface area (Å²) in [5.74, 6) is -2.21. The van der Waals surface area contributed by atoms with E-state index >= 15 is 0 Å². The van der Waals surface area contributed by atoms with Gasteiger partial charge < -0.3 is 27.0 Å². The summed E-state index contributed by atoms with van der Waals surface area (Å²) in [5, 5.41) is 11.2. The standard InChI is InChI=1S/C25H41N5O4/c1-15(2)21(30-20(31)14-27-17(4)25(5,6)7)24(34)29-19(13-18-11-9-8-10-12-18)23(33)28-16(3)22(26)32/h8-12,15-17,19,21,27H,13-14H2,1-7H3,(H2,26,32)(H,28,33)(H,29,34)(H,30,31)/t16-,17-,19?,21?/m1/s1. The Morgan fingerprint density at radius 2 is 1.47 bits per heavy atom. The molecule has 0 aliphatic rings. The van der Waals surface area contributed by atoms with Crippen LogP contribution in [0.25, 0.3) is 0 Å². The van der Waals surface area contributed by atoms with Gasteiger partial charge in [0.15, 0.2) is 0 Å². The van der Waals surface area contributed by atoms with Crippen molar-refractivity contribution >= 4 is 23.6 Å². The van der Waals surface area contributed by atoms with Crippen molar-refractivity contribution in [1.29, 1.82) is 0 Å². The van der Waals surface area contributed by atoms with Gasteiger partial charge in [-0.3, -0.25) is 19.2 Å². The molecule has 0 heterocycles. The SMILES string of the molecule is CC(C)C(NC(=O)CN[C@H](C)C(C)(C)C)C(=O)NC(Cc1ccccc1)C(=O)N[C@H](C)C(N)=O. The van der Waals surface area contributed by atoms with Gasteiger partial charge in [0.25, 0.3) is 0 Å². The number of carbonyl (C=O) groups is 4. The van der Waals surface area contributed by atoms with Crippen LogP contribution in [-0.2, 0) is 25.6 Å². The first kappa shape index (κ1) is 29.1. The maximum absolute atomic E-state index is 13.1. The van der Waals surface area contributed by atoms with Crippen molar-refractivity contribution in [1.82, 2.24) is 21.3 Å². The normalized spacial score (nSPS) is 15.1. The Morgan fingerprint density at radius 1 is 0.882 bits per heavy atom. The first-order valence-electron chi connectivity index (χ1n) is 11.7. The van der Waals surface area contributed by atoms with Crippen LogP contribution < -0.4 is 27.0 Å². The van der Waals surface area contributed by atoms with Crippen molar-refractivity contribution < 1.29 is 19.2 Å². The summed E-state index contributed by atoms with van der Waals surface area (Å²) >= 11 is 0. The first-order valence-corrected chi connectivity index (χ1v) is 11.7. The van der Waals surface area contributed by atoms with Gasteiger partial charge in [0, 0.05) is 12.5 Å². The molecule has 0 aromatic heterocycles. The molecule has 0 fully saturated rings. The third kappa shape index (κ3) is 9.91. The monoisotopic (exact) mass is 475 g/mol. The molecule has 190 valence electrons. The molecule has 1 aromatic rings. The molecule has 0 radical (unpaired) electrons. The van der Waals surface area contributed by atoms with Gasteiger partial charge in [-0.25, -0.2) is 0 Å². The number of benzene rings is 1. The van der Waals surface area contributed by atoms with E-state index in [1.165, 1.54) is 6.92 Å². The van der Waals surface area contributed by atoms with E-state index in [9.17, 15) is 19.2 Å². The van der Waals surface area contributed by atoms with Crippen LogP contribution in [0.15, 0.2) is 30.3 Å². The summed E-state index contributed by atoms with van der Waals surface area (Å²) in [4.78, 5) is 49.9. The van der Waals surface area contributed by atoms with Gasteiger partial charge in [-0.15, -0.1) is 0 Å². The fourth-order valence-corrected chi connectivity index (χ4v) is 3.02. The molecule has 1 rings (SSSR count). The average Bonchev–Trinajstić information content (AvgIpc) is 2.74. The van der Waals surface area contributed by atoms with Crippen molar-refractivity contribution in [2.24, 2.45) is 17.1 Å². The molecule has 34 heavy (non-hydrogen) atoms. The molecular weight excluding hydrogens is 434 g/mol. The molecule has 0 bridgehead atoms. The van der Waals surface area contributed by atoms with E-state index in [1.54, 1.807) is 0 Å². The fraction of sp³-hybridized carbons (Fsp3) is 0.600. The van der Waals surface area contributed by atoms with Gasteiger partial charge in [0.05, 0.1) is 6.54 Å². The summed E-state index contributed by atoms with van der Waals surface area (Å²) in [7, 11) is 0. The third-order valence-corrected chi connectivity index (χ3v) is 5.83. The van der Waals surface area contributed by atoms with Crippen LogP contribution in [0.1, 0.15) is 54.0 Å². The lowest BCUT2D eigenvalue weighted by molar-refractivity contribution is -0.133. The van der Waals surface area contributed by atoms with Crippen LogP contribution >= 0.6 is 0 Å². The molecule has 0 aliphatic carbocycles. The Bertz CT molecular complexity index is 835. The highest BCUT2D eigenvalue weighted by molar-refractivity contribution is 5.94. The van der Waals surface area contributed by atoms with Gasteiger partial charge in [-0.05, 0) is 30.7 Å². The number of nitrogens with one attached hydrogen (secondary N) is 4. The molecule has 9 nitrogen and oxygen atoms in total. The van der Waals surface area contributed by atoms with Gasteiger partial charge in [-0.1, -0.05) is 65.0 Å². The average molecular weight is 476 g/mol. The number of carbonyl (C=O) groups excluding carboxylic acids is 4. The van der Waals surface area contributed by atoms with Gasteiger partial charge in [-0.2, -0.15) is 0 Å². The summed E-state index contributed by atoms with van der Waals surface area (Å²) in [6.07, 6.45) is 0.216. The Hall–Kier alpha value is -2.94. The Balaban J connectivity index is 2.93. The maximum atomic E-state index is 13.1. The van der Waals surface area contributed by atoms with E-state index < -0.39 is 35.8 Å². The van der Waals surface area contributed by atoms with E-state index in [0.29, 0.717) is 0 Å². The number of primary amides is 1. The van der Waals surface area contributed by atoms with Crippen LogP contribution in [0.5, 0.6) is 0 Å². The van der Waals surface area contributed by atoms with Crippen LogP contribution in [0, 0.1) is 11.3 Å². The zero-order valence-electron chi connectivity index (χ0n) is 21.4. The zero-order valence-corrected chi connectivity index (χ0v) is 21.4. The lowest BCUT2D eigenvalue weighted by atomic mass is 9.88. The molecule has 0 saturated carbocycles. The number of hydrogen-bond donors (Lipinski definition) is 5. The van der Waals surface area contributed by atoms with E-state index in [2.05, 4.69) is 42.0 Å². The molecule has 4 amide bonds. The summed E-state index contributed by atoms with van der Waals surface area (Å²) in [6.45, 7) is 13.4. The quantitative estimate of drug-likeness (QED) is 0.305. The second kappa shape index (κ2) is 13.1. The molecule has 9 heteroatoms. The van der Waals surface area contributed by atoms with E-state index in [-0.39, 0.29) is 36.2 Å². The van der Waals surface area contributed by atoms with E-state index in [4.69, 9.17) is 5.73 Å². The topological polar surface area (TPSA) is 142 Å². The fourth-order valence-electron chi connectivity index (χ4n) is 3.02. The van der Waals surface area contributed by atoms with Crippen LogP contribution in [0.3, 0.4) is 0 Å². The summed E-state index contributed by atoms with van der Waals surface area (Å²) < 4.78 is 0. The number of amides is 4. The van der Waals surface area contributed by atoms with E-state index in [0.717, 1.165) is 5.56 Å². The Kier molecular flexibility index (Phi) is 11.2. The smallest absolute Gasteiger partial charge is 0.243 e. The number of hydrogen-bond acceptors (Lipinski definition) is 5. The van der Waals surface area contributed by atoms with Crippen molar-refractivity contribution in [2.75, 3.05) is 6.54 Å². The highest BCUT2D eigenvalue weighted by Gasteiger charge is 2.30. The lowest BCUT2D eigenvalue weighted by Crippen LogP contribution is -2.58. The van der Waals surface area contributed by atoms with Gasteiger partial charge >= 0.3 is 0 Å². The van der Waals surface area contributed by atoms with Crippen molar-refractivity contribution in [3.05, 3.63) is 35.9 Å². The van der Waals surface area contributed by atoms with Crippen molar-refractivity contribution in [3.8, 4) is 0 Å². The largest absolute Gasteiger partial charge is 0.368 e. The highest BCUT2D eigenvalue weighted by atomic mass is 16.2. The molecule has 1 aromatic carbocycles. The number of rotatable bonds is 12. The second-order valence-electron chi connectivity index (χ2n) is 10.1.